The summed E-state index contributed by atoms with van der Waals surface area (Å²) in [6.07, 6.45) is -13.9. The molecule has 234 valence electrons. The predicted octanol–water partition coefficient (Wildman–Crippen LogP) is 0.525. The molecule has 0 bridgehead atoms. The lowest BCUT2D eigenvalue weighted by Gasteiger charge is -2.17. The van der Waals surface area contributed by atoms with Crippen molar-refractivity contribution in [2.24, 2.45) is 11.5 Å². The van der Waals surface area contributed by atoms with Gasteiger partial charge in [0.1, 0.15) is 0 Å². The molecule has 0 aromatic heterocycles. The minimum Gasteiger partial charge on any atom is -0.475 e. The number of carbonyl (C=O) groups is 4. The van der Waals surface area contributed by atoms with E-state index in [1.54, 1.807) is 24.3 Å². The van der Waals surface area contributed by atoms with Gasteiger partial charge in [0.25, 0.3) is 11.8 Å². The van der Waals surface area contributed by atoms with Gasteiger partial charge in [-0.1, -0.05) is 48.5 Å². The molecule has 0 fully saturated rings. The summed E-state index contributed by atoms with van der Waals surface area (Å²) in [4.78, 5) is 41.8. The number of aliphatic hydroxyl groups excluding tert-OH is 2. The summed E-state index contributed by atoms with van der Waals surface area (Å²) in [7, 11) is 0. The van der Waals surface area contributed by atoms with Crippen LogP contribution in [0.5, 0.6) is 0 Å². The van der Waals surface area contributed by atoms with E-state index in [9.17, 15) is 46.1 Å². The van der Waals surface area contributed by atoms with Gasteiger partial charge in [0, 0.05) is 26.2 Å². The van der Waals surface area contributed by atoms with Crippen LogP contribution in [0.3, 0.4) is 0 Å². The molecule has 2 aromatic carbocycles. The van der Waals surface area contributed by atoms with E-state index in [-0.39, 0.29) is 13.1 Å². The highest BCUT2D eigenvalue weighted by Gasteiger charge is 2.39. The number of aliphatic carboxylic acids is 2. The Morgan fingerprint density at radius 1 is 0.595 bits per heavy atom. The van der Waals surface area contributed by atoms with E-state index in [1.165, 1.54) is 0 Å². The van der Waals surface area contributed by atoms with Crippen molar-refractivity contribution in [3.63, 3.8) is 0 Å². The highest BCUT2D eigenvalue weighted by Crippen LogP contribution is 2.13. The highest BCUT2D eigenvalue weighted by atomic mass is 19.4. The third-order valence-corrected chi connectivity index (χ3v) is 4.77. The van der Waals surface area contributed by atoms with Crippen LogP contribution in [-0.2, 0) is 45.4 Å². The Morgan fingerprint density at radius 2 is 0.810 bits per heavy atom. The molecule has 42 heavy (non-hydrogen) atoms. The Hall–Kier alpha value is -4.26. The van der Waals surface area contributed by atoms with Crippen molar-refractivity contribution in [1.82, 2.24) is 10.6 Å². The molecule has 2 amide bonds. The molecule has 0 aliphatic rings. The van der Waals surface area contributed by atoms with Crippen LogP contribution in [0.4, 0.5) is 26.3 Å². The second-order valence-corrected chi connectivity index (χ2v) is 7.97. The topological polar surface area (TPSA) is 225 Å². The third kappa shape index (κ3) is 14.9. The number of hydrogen-bond donors (Lipinski definition) is 8. The van der Waals surface area contributed by atoms with Gasteiger partial charge in [0.15, 0.2) is 12.2 Å². The van der Waals surface area contributed by atoms with Crippen molar-refractivity contribution in [2.75, 3.05) is 0 Å². The highest BCUT2D eigenvalue weighted by molar-refractivity contribution is 5.90. The number of nitrogens with one attached hydrogen (secondary N) is 2. The molecule has 2 rings (SSSR count). The summed E-state index contributed by atoms with van der Waals surface area (Å²) in [5.74, 6) is -7.18. The number of carbonyl (C=O) groups excluding carboxylic acids is 2. The number of halogens is 6. The van der Waals surface area contributed by atoms with Crippen molar-refractivity contribution in [3.8, 4) is 0 Å². The maximum Gasteiger partial charge on any atom is 0.490 e. The number of aliphatic hydroxyl groups is 2. The molecule has 10 N–H and O–H groups in total. The Labute approximate surface area is 233 Å². The SMILES string of the molecule is NCc1ccc(CNC(=O)C(O)C(O)C(=O)NCc2ccc(CN)cc2)cc1.O=C(O)C(F)(F)F.O=C(O)C(F)(F)F. The molecule has 0 aliphatic heterocycles. The number of rotatable bonds is 9. The van der Waals surface area contributed by atoms with Gasteiger partial charge in [0.2, 0.25) is 0 Å². The lowest BCUT2D eigenvalue weighted by atomic mass is 10.1. The molecule has 2 atom stereocenters. The van der Waals surface area contributed by atoms with Crippen molar-refractivity contribution in [2.45, 2.75) is 50.7 Å². The fraction of sp³-hybridized carbons (Fsp3) is 0.333. The quantitative estimate of drug-likeness (QED) is 0.183. The number of alkyl halides is 6. The van der Waals surface area contributed by atoms with Crippen molar-refractivity contribution < 1.29 is 65.9 Å². The van der Waals surface area contributed by atoms with E-state index in [0.717, 1.165) is 22.3 Å². The van der Waals surface area contributed by atoms with Crippen LogP contribution < -0.4 is 22.1 Å². The zero-order valence-electron chi connectivity index (χ0n) is 21.4. The maximum absolute atomic E-state index is 12.0. The van der Waals surface area contributed by atoms with Gasteiger partial charge >= 0.3 is 24.3 Å². The molecular weight excluding hydrogens is 586 g/mol. The first-order chi connectivity index (χ1) is 19.3. The number of nitrogens with two attached hydrogens (primary N) is 2. The summed E-state index contributed by atoms with van der Waals surface area (Å²) in [5, 5.41) is 39.1. The van der Waals surface area contributed by atoms with E-state index in [1.807, 2.05) is 24.3 Å². The zero-order valence-corrected chi connectivity index (χ0v) is 21.4. The van der Waals surface area contributed by atoms with E-state index in [2.05, 4.69) is 10.6 Å². The summed E-state index contributed by atoms with van der Waals surface area (Å²) < 4.78 is 63.5. The second-order valence-electron chi connectivity index (χ2n) is 7.97. The third-order valence-electron chi connectivity index (χ3n) is 4.77. The molecule has 2 unspecified atom stereocenters. The number of amides is 2. The second kappa shape index (κ2) is 17.5. The predicted molar refractivity (Wildman–Crippen MR) is 132 cm³/mol. The summed E-state index contributed by atoms with van der Waals surface area (Å²) in [5.41, 5.74) is 14.6. The largest absolute Gasteiger partial charge is 0.490 e. The summed E-state index contributed by atoms with van der Waals surface area (Å²) >= 11 is 0. The van der Waals surface area contributed by atoms with Gasteiger partial charge in [-0.25, -0.2) is 9.59 Å². The first kappa shape index (κ1) is 37.7. The van der Waals surface area contributed by atoms with Crippen molar-refractivity contribution in [3.05, 3.63) is 70.8 Å². The molecule has 0 radical (unpaired) electrons. The monoisotopic (exact) mass is 614 g/mol. The fourth-order valence-electron chi connectivity index (χ4n) is 2.46. The molecule has 2 aromatic rings. The lowest BCUT2D eigenvalue weighted by molar-refractivity contribution is -0.193. The summed E-state index contributed by atoms with van der Waals surface area (Å²) in [6, 6.07) is 14.5. The van der Waals surface area contributed by atoms with E-state index in [0.29, 0.717) is 13.1 Å². The van der Waals surface area contributed by atoms with Crippen molar-refractivity contribution in [1.29, 1.82) is 0 Å². The Morgan fingerprint density at radius 3 is 1.00 bits per heavy atom. The van der Waals surface area contributed by atoms with Gasteiger partial charge < -0.3 is 42.5 Å². The van der Waals surface area contributed by atoms with Crippen LogP contribution in [0.15, 0.2) is 48.5 Å². The molecule has 0 saturated carbocycles. The van der Waals surface area contributed by atoms with E-state index >= 15 is 0 Å². The minimum atomic E-state index is -5.08. The lowest BCUT2D eigenvalue weighted by Crippen LogP contribution is -2.49. The normalized spacial score (nSPS) is 12.3. The summed E-state index contributed by atoms with van der Waals surface area (Å²) in [6.45, 7) is 1.15. The Kier molecular flexibility index (Phi) is 15.8. The molecule has 0 aliphatic carbocycles. The number of hydrogen-bond acceptors (Lipinski definition) is 8. The standard InChI is InChI=1S/C20H26N4O4.2C2HF3O2/c21-9-13-1-5-15(6-2-13)11-23-19(27)17(25)18(26)20(28)24-12-16-7-3-14(10-22)4-8-16;2*3-2(4,5)1(6)7/h1-8,17-18,25-26H,9-12,21-22H2,(H,23,27)(H,24,28);2*(H,6,7). The maximum atomic E-state index is 12.0. The van der Waals surface area contributed by atoms with Crippen LogP contribution in [0.2, 0.25) is 0 Å². The molecule has 0 saturated heterocycles. The fourth-order valence-corrected chi connectivity index (χ4v) is 2.46. The van der Waals surface area contributed by atoms with Crippen LogP contribution >= 0.6 is 0 Å². The molecule has 0 heterocycles. The average molecular weight is 614 g/mol. The first-order valence-corrected chi connectivity index (χ1v) is 11.4. The smallest absolute Gasteiger partial charge is 0.475 e. The Bertz CT molecular complexity index is 1070. The zero-order chi connectivity index (χ0) is 32.7. The molecular formula is C24H28F6N4O8. The number of benzene rings is 2. The van der Waals surface area contributed by atoms with Gasteiger partial charge in [-0.3, -0.25) is 9.59 Å². The molecule has 0 spiro atoms. The van der Waals surface area contributed by atoms with Crippen LogP contribution in [0, 0.1) is 0 Å². The molecule has 12 nitrogen and oxygen atoms in total. The first-order valence-electron chi connectivity index (χ1n) is 11.4. The minimum absolute atomic E-state index is 0.155. The molecule has 18 heteroatoms. The van der Waals surface area contributed by atoms with Crippen LogP contribution in [0.25, 0.3) is 0 Å². The number of carboxylic acid groups (broad SMARTS) is 2. The van der Waals surface area contributed by atoms with Gasteiger partial charge in [0.05, 0.1) is 0 Å². The van der Waals surface area contributed by atoms with Crippen LogP contribution in [0.1, 0.15) is 22.3 Å². The Balaban J connectivity index is 0.000000990. The average Bonchev–Trinajstić information content (AvgIpc) is 2.93. The van der Waals surface area contributed by atoms with Gasteiger partial charge in [-0.2, -0.15) is 26.3 Å². The van der Waals surface area contributed by atoms with E-state index in [4.69, 9.17) is 31.3 Å². The number of carboxylic acids is 2. The van der Waals surface area contributed by atoms with Gasteiger partial charge in [-0.05, 0) is 22.3 Å². The van der Waals surface area contributed by atoms with Crippen molar-refractivity contribution >= 4 is 23.8 Å². The van der Waals surface area contributed by atoms with Crippen LogP contribution in [-0.4, -0.2) is 68.7 Å². The van der Waals surface area contributed by atoms with E-state index < -0.39 is 48.3 Å². The van der Waals surface area contributed by atoms with Gasteiger partial charge in [-0.15, -0.1) is 0 Å².